The van der Waals surface area contributed by atoms with E-state index in [1.165, 1.54) is 0 Å². The molecule has 2 rings (SSSR count). The van der Waals surface area contributed by atoms with Gasteiger partial charge in [-0.2, -0.15) is 0 Å². The second kappa shape index (κ2) is 6.20. The van der Waals surface area contributed by atoms with Crippen molar-refractivity contribution in [3.63, 3.8) is 0 Å². The van der Waals surface area contributed by atoms with E-state index in [1.807, 2.05) is 0 Å². The van der Waals surface area contributed by atoms with Gasteiger partial charge in [-0.3, -0.25) is 30.9 Å². The van der Waals surface area contributed by atoms with Gasteiger partial charge in [0.2, 0.25) is 12.4 Å². The molecule has 0 aliphatic carbocycles. The summed E-state index contributed by atoms with van der Waals surface area (Å²) in [4.78, 5) is 20.6. The van der Waals surface area contributed by atoms with E-state index < -0.39 is 34.3 Å². The topological polar surface area (TPSA) is 194 Å². The summed E-state index contributed by atoms with van der Waals surface area (Å²) < 4.78 is 10.7. The quantitative estimate of drug-likeness (QED) is 0.228. The Balaban J connectivity index is 2.15. The molecule has 0 aromatic carbocycles. The first-order valence-corrected chi connectivity index (χ1v) is 6.24. The largest absolute Gasteiger partial charge is 0.539 e. The fraction of sp³-hybridized carbons (Fsp3) is 0.556. The fourth-order valence-electron chi connectivity index (χ4n) is 1.90. The van der Waals surface area contributed by atoms with Gasteiger partial charge in [0, 0.05) is 0 Å². The highest BCUT2D eigenvalue weighted by molar-refractivity contribution is 4.80. The normalized spacial score (nSPS) is 11.5. The lowest BCUT2D eigenvalue weighted by atomic mass is 10.0. The summed E-state index contributed by atoms with van der Waals surface area (Å²) in [5.41, 5.74) is -2.78. The minimum Gasteiger partial charge on any atom is -0.539 e. The molecule has 14 heteroatoms. The number of rotatable bonds is 8. The van der Waals surface area contributed by atoms with Crippen LogP contribution in [0.1, 0.15) is 12.8 Å². The molecule has 0 aliphatic rings. The summed E-state index contributed by atoms with van der Waals surface area (Å²) in [6.45, 7) is -0.443. The van der Waals surface area contributed by atoms with Crippen molar-refractivity contribution in [1.82, 2.24) is 10.5 Å². The highest BCUT2D eigenvalue weighted by Crippen LogP contribution is 2.21. The molecule has 0 unspecified atom stereocenters. The van der Waals surface area contributed by atoms with Crippen molar-refractivity contribution in [2.24, 2.45) is 0 Å². The molecule has 0 aliphatic heterocycles. The number of hydrogen-bond donors (Lipinski definition) is 1. The van der Waals surface area contributed by atoms with E-state index in [9.17, 15) is 25.3 Å². The molecule has 0 amide bonds. The second-order valence-electron chi connectivity index (χ2n) is 4.61. The number of nitrogens with zero attached hydrogens (tertiary/aromatic N) is 6. The van der Waals surface area contributed by atoms with Gasteiger partial charge in [-0.25, -0.2) is 4.68 Å². The Hall–Kier alpha value is -3.32. The lowest BCUT2D eigenvalue weighted by Crippen LogP contribution is -2.53. The van der Waals surface area contributed by atoms with E-state index in [1.54, 1.807) is 0 Å². The Morgan fingerprint density at radius 3 is 2.39 bits per heavy atom. The van der Waals surface area contributed by atoms with E-state index in [0.29, 0.717) is 0 Å². The van der Waals surface area contributed by atoms with Gasteiger partial charge in [-0.1, -0.05) is 4.68 Å². The summed E-state index contributed by atoms with van der Waals surface area (Å²) >= 11 is 0. The molecule has 2 heterocycles. The Morgan fingerprint density at radius 1 is 1.26 bits per heavy atom. The Labute approximate surface area is 126 Å². The standard InChI is InChI=1S/C9H11N7O7/c10-7-5-13(11-22-7)3-1-9(15(18)19,16(20)21)2-4-14-6-8(17)23-12-14/h5-6,10H,1-4H2. The van der Waals surface area contributed by atoms with Crippen molar-refractivity contribution in [3.05, 3.63) is 38.2 Å². The Kier molecular flexibility index (Phi) is 4.33. The molecule has 0 saturated carbocycles. The molecule has 2 aromatic heterocycles. The van der Waals surface area contributed by atoms with Crippen molar-refractivity contribution in [2.45, 2.75) is 31.6 Å². The van der Waals surface area contributed by atoms with E-state index in [4.69, 9.17) is 5.41 Å². The lowest BCUT2D eigenvalue weighted by molar-refractivity contribution is -0.835. The summed E-state index contributed by atoms with van der Waals surface area (Å²) in [6, 6.07) is 0. The van der Waals surface area contributed by atoms with Gasteiger partial charge in [0.05, 0.1) is 15.1 Å². The van der Waals surface area contributed by atoms with Crippen LogP contribution >= 0.6 is 0 Å². The monoisotopic (exact) mass is 329 g/mol. The van der Waals surface area contributed by atoms with Crippen LogP contribution in [0, 0.1) is 25.6 Å². The van der Waals surface area contributed by atoms with E-state index in [2.05, 4.69) is 19.6 Å². The highest BCUT2D eigenvalue weighted by Gasteiger charge is 2.57. The first kappa shape index (κ1) is 16.1. The molecule has 124 valence electrons. The molecular weight excluding hydrogens is 318 g/mol. The van der Waals surface area contributed by atoms with Crippen molar-refractivity contribution >= 4 is 0 Å². The average Bonchev–Trinajstić information content (AvgIpc) is 3.07. The summed E-state index contributed by atoms with van der Waals surface area (Å²) in [5, 5.41) is 47.2. The van der Waals surface area contributed by atoms with E-state index in [-0.39, 0.29) is 18.6 Å². The van der Waals surface area contributed by atoms with Crippen LogP contribution in [0.15, 0.2) is 21.4 Å². The van der Waals surface area contributed by atoms with Gasteiger partial charge in [-0.15, -0.1) is 0 Å². The molecule has 0 bridgehead atoms. The van der Waals surface area contributed by atoms with Gasteiger partial charge in [0.15, 0.2) is 19.5 Å². The van der Waals surface area contributed by atoms with Crippen molar-refractivity contribution in [2.75, 3.05) is 0 Å². The maximum absolute atomic E-state index is 11.3. The molecule has 0 spiro atoms. The zero-order valence-electron chi connectivity index (χ0n) is 11.5. The van der Waals surface area contributed by atoms with Crippen molar-refractivity contribution in [1.29, 1.82) is 5.41 Å². The molecule has 0 fully saturated rings. The number of hydrogen-bond acceptors (Lipinski definition) is 9. The first-order chi connectivity index (χ1) is 10.8. The van der Waals surface area contributed by atoms with Crippen LogP contribution < -0.4 is 25.3 Å². The summed E-state index contributed by atoms with van der Waals surface area (Å²) in [6.07, 6.45) is 1.06. The molecule has 0 saturated heterocycles. The molecule has 23 heavy (non-hydrogen) atoms. The van der Waals surface area contributed by atoms with Crippen LogP contribution in [-0.2, 0) is 13.1 Å². The van der Waals surface area contributed by atoms with Crippen molar-refractivity contribution in [3.8, 4) is 5.95 Å². The van der Waals surface area contributed by atoms with Gasteiger partial charge in [0.25, 0.3) is 5.55 Å². The van der Waals surface area contributed by atoms with Gasteiger partial charge in [-0.05, 0) is 0 Å². The number of nitrogens with one attached hydrogen (secondary N) is 1. The Morgan fingerprint density at radius 2 is 1.91 bits per heavy atom. The minimum absolute atomic E-state index is 0.194. The van der Waals surface area contributed by atoms with Gasteiger partial charge >= 0.3 is 5.66 Å². The Bertz CT molecular complexity index is 748. The maximum atomic E-state index is 11.3. The highest BCUT2D eigenvalue weighted by atomic mass is 16.7. The van der Waals surface area contributed by atoms with Crippen LogP contribution in [0.2, 0.25) is 0 Å². The molecule has 14 nitrogen and oxygen atoms in total. The van der Waals surface area contributed by atoms with Crippen LogP contribution in [-0.4, -0.2) is 20.8 Å². The smallest absolute Gasteiger partial charge is 0.470 e. The molecule has 0 radical (unpaired) electrons. The summed E-state index contributed by atoms with van der Waals surface area (Å²) in [5.74, 6) is -0.765. The predicted octanol–water partition coefficient (Wildman–Crippen LogP) is -2.92. The third-order valence-electron chi connectivity index (χ3n) is 3.16. The van der Waals surface area contributed by atoms with Gasteiger partial charge < -0.3 is 14.2 Å². The van der Waals surface area contributed by atoms with Crippen LogP contribution in [0.3, 0.4) is 0 Å². The van der Waals surface area contributed by atoms with Crippen LogP contribution in [0.25, 0.3) is 0 Å². The zero-order valence-corrected chi connectivity index (χ0v) is 11.5. The first-order valence-electron chi connectivity index (χ1n) is 6.24. The number of aryl methyl sites for hydroxylation is 2. The molecular formula is C9H11N7O7. The fourth-order valence-corrected chi connectivity index (χ4v) is 1.90. The van der Waals surface area contributed by atoms with E-state index in [0.717, 1.165) is 21.8 Å². The lowest BCUT2D eigenvalue weighted by Gasteiger charge is -2.14. The zero-order chi connectivity index (χ0) is 17.0. The van der Waals surface area contributed by atoms with Gasteiger partial charge in [0.1, 0.15) is 12.4 Å². The maximum Gasteiger partial charge on any atom is 0.470 e. The molecule has 2 aromatic rings. The third kappa shape index (κ3) is 3.47. The number of nitro groups is 2. The third-order valence-corrected chi connectivity index (χ3v) is 3.16. The average molecular weight is 329 g/mol. The van der Waals surface area contributed by atoms with Crippen molar-refractivity contribution < 1.29 is 33.4 Å². The van der Waals surface area contributed by atoms with Crippen LogP contribution in [0.5, 0.6) is 5.95 Å². The minimum atomic E-state index is -2.50. The predicted molar refractivity (Wildman–Crippen MR) is 60.2 cm³/mol. The second-order valence-corrected chi connectivity index (χ2v) is 4.61. The molecule has 1 N–H and O–H groups in total. The SMILES string of the molecule is N=c1c[n+](CCC(CC[n+]2cc([O-])on2)([N+](=O)[O-])[N+](=O)[O-])[n-]o1. The number of aromatic nitrogens is 4. The summed E-state index contributed by atoms with van der Waals surface area (Å²) in [7, 11) is 0. The van der Waals surface area contributed by atoms with E-state index >= 15 is 0 Å². The van der Waals surface area contributed by atoms with Crippen LogP contribution in [0.4, 0.5) is 0 Å². The molecule has 0 atom stereocenters.